The number of ether oxygens (including phenoxy) is 1. The van der Waals surface area contributed by atoms with Gasteiger partial charge in [-0.25, -0.2) is 4.39 Å². The molecule has 0 spiro atoms. The van der Waals surface area contributed by atoms with Gasteiger partial charge in [0, 0.05) is 11.3 Å². The molecule has 150 valence electrons. The quantitative estimate of drug-likeness (QED) is 0.326. The number of carbonyl (C=O) groups is 1. The van der Waals surface area contributed by atoms with Crippen LogP contribution in [0.3, 0.4) is 0 Å². The van der Waals surface area contributed by atoms with Gasteiger partial charge in [-0.05, 0) is 57.9 Å². The van der Waals surface area contributed by atoms with Gasteiger partial charge < -0.3 is 10.1 Å². The van der Waals surface area contributed by atoms with Gasteiger partial charge in [0.05, 0.1) is 9.50 Å². The first-order valence-corrected chi connectivity index (χ1v) is 9.98. The first kappa shape index (κ1) is 21.6. The van der Waals surface area contributed by atoms with Crippen LogP contribution in [0.15, 0.2) is 76.8 Å². The zero-order valence-electron chi connectivity index (χ0n) is 15.5. The van der Waals surface area contributed by atoms with E-state index in [1.54, 1.807) is 54.6 Å². The molecule has 0 aliphatic rings. The Hall–Kier alpha value is -3.14. The Morgan fingerprint density at radius 2 is 1.87 bits per heavy atom. The number of nitrogens with zero attached hydrogens (tertiary/aromatic N) is 1. The molecule has 0 radical (unpaired) electrons. The molecule has 1 amide bonds. The molecule has 0 unspecified atom stereocenters. The SMILES string of the molecule is N#C/C(=C/c1cc(Cl)c(OCc2ccccc2F)c(Br)c1)C(=O)Nc1ccccc1. The standard InChI is InChI=1S/C23H15BrClFN2O2/c24-19-11-15(10-17(13-27)23(29)28-18-7-2-1-3-8-18)12-20(25)22(19)30-14-16-6-4-5-9-21(16)26/h1-12H,14H2,(H,28,29)/b17-10-. The van der Waals surface area contributed by atoms with E-state index < -0.39 is 5.91 Å². The van der Waals surface area contributed by atoms with E-state index in [-0.39, 0.29) is 23.0 Å². The lowest BCUT2D eigenvalue weighted by atomic mass is 10.1. The average Bonchev–Trinajstić information content (AvgIpc) is 2.73. The van der Waals surface area contributed by atoms with Crippen LogP contribution in [0.5, 0.6) is 5.75 Å². The molecule has 3 aromatic rings. The second-order valence-corrected chi connectivity index (χ2v) is 7.45. The third-order valence-corrected chi connectivity index (χ3v) is 4.93. The van der Waals surface area contributed by atoms with Crippen molar-refractivity contribution in [2.75, 3.05) is 5.32 Å². The van der Waals surface area contributed by atoms with Crippen molar-refractivity contribution in [1.29, 1.82) is 5.26 Å². The van der Waals surface area contributed by atoms with Gasteiger partial charge in [-0.15, -0.1) is 0 Å². The number of benzene rings is 3. The number of rotatable bonds is 6. The van der Waals surface area contributed by atoms with Crippen molar-refractivity contribution in [3.8, 4) is 11.8 Å². The van der Waals surface area contributed by atoms with E-state index in [1.165, 1.54) is 12.1 Å². The third kappa shape index (κ3) is 5.47. The van der Waals surface area contributed by atoms with E-state index in [9.17, 15) is 14.4 Å². The summed E-state index contributed by atoms with van der Waals surface area (Å²) >= 11 is 9.69. The first-order chi connectivity index (χ1) is 14.5. The number of halogens is 3. The van der Waals surface area contributed by atoms with Crippen LogP contribution in [0, 0.1) is 17.1 Å². The Bertz CT molecular complexity index is 1120. The molecule has 0 saturated heterocycles. The molecule has 0 saturated carbocycles. The number of amides is 1. The number of para-hydroxylation sites is 1. The van der Waals surface area contributed by atoms with Crippen LogP contribution in [0.4, 0.5) is 10.1 Å². The summed E-state index contributed by atoms with van der Waals surface area (Å²) in [7, 11) is 0. The number of anilines is 1. The molecular weight excluding hydrogens is 471 g/mol. The van der Waals surface area contributed by atoms with E-state index in [4.69, 9.17) is 16.3 Å². The summed E-state index contributed by atoms with van der Waals surface area (Å²) in [5.41, 5.74) is 1.43. The number of nitrogens with one attached hydrogen (secondary N) is 1. The van der Waals surface area contributed by atoms with Crippen molar-refractivity contribution >= 4 is 45.2 Å². The van der Waals surface area contributed by atoms with E-state index in [2.05, 4.69) is 21.2 Å². The molecule has 0 aromatic heterocycles. The van der Waals surface area contributed by atoms with Crippen LogP contribution < -0.4 is 10.1 Å². The number of carbonyl (C=O) groups excluding carboxylic acids is 1. The molecule has 0 fully saturated rings. The maximum absolute atomic E-state index is 13.8. The van der Waals surface area contributed by atoms with Gasteiger partial charge in [-0.2, -0.15) is 5.26 Å². The molecule has 0 bridgehead atoms. The molecule has 0 atom stereocenters. The molecule has 3 rings (SSSR count). The van der Waals surface area contributed by atoms with Gasteiger partial charge in [0.25, 0.3) is 5.91 Å². The van der Waals surface area contributed by atoms with Crippen LogP contribution in [0.1, 0.15) is 11.1 Å². The fraction of sp³-hybridized carbons (Fsp3) is 0.0435. The van der Waals surface area contributed by atoms with Crippen molar-refractivity contribution in [3.63, 3.8) is 0 Å². The first-order valence-electron chi connectivity index (χ1n) is 8.81. The van der Waals surface area contributed by atoms with Crippen molar-refractivity contribution in [2.24, 2.45) is 0 Å². The lowest BCUT2D eigenvalue weighted by Gasteiger charge is -2.12. The van der Waals surface area contributed by atoms with Gasteiger partial charge in [0.2, 0.25) is 0 Å². The van der Waals surface area contributed by atoms with Crippen LogP contribution >= 0.6 is 27.5 Å². The lowest BCUT2D eigenvalue weighted by Crippen LogP contribution is -2.13. The zero-order chi connectivity index (χ0) is 21.5. The van der Waals surface area contributed by atoms with Crippen LogP contribution in [0.2, 0.25) is 5.02 Å². The Morgan fingerprint density at radius 1 is 1.17 bits per heavy atom. The topological polar surface area (TPSA) is 62.1 Å². The van der Waals surface area contributed by atoms with E-state index in [0.29, 0.717) is 27.0 Å². The van der Waals surface area contributed by atoms with Gasteiger partial charge in [-0.1, -0.05) is 48.0 Å². The minimum atomic E-state index is -0.532. The molecule has 7 heteroatoms. The smallest absolute Gasteiger partial charge is 0.266 e. The lowest BCUT2D eigenvalue weighted by molar-refractivity contribution is -0.112. The summed E-state index contributed by atoms with van der Waals surface area (Å²) in [6.07, 6.45) is 1.43. The van der Waals surface area contributed by atoms with Gasteiger partial charge in [0.15, 0.2) is 5.75 Å². The summed E-state index contributed by atoms with van der Waals surface area (Å²) in [4.78, 5) is 12.4. The Labute approximate surface area is 186 Å². The molecule has 3 aromatic carbocycles. The molecule has 0 heterocycles. The fourth-order valence-corrected chi connectivity index (χ4v) is 3.59. The highest BCUT2D eigenvalue weighted by atomic mass is 79.9. The zero-order valence-corrected chi connectivity index (χ0v) is 17.9. The van der Waals surface area contributed by atoms with Crippen LogP contribution in [0.25, 0.3) is 6.08 Å². The number of hydrogen-bond donors (Lipinski definition) is 1. The number of hydrogen-bond acceptors (Lipinski definition) is 3. The summed E-state index contributed by atoms with van der Waals surface area (Å²) < 4.78 is 19.9. The summed E-state index contributed by atoms with van der Waals surface area (Å²) in [5, 5.41) is 12.3. The molecule has 0 aliphatic carbocycles. The normalized spacial score (nSPS) is 10.9. The predicted octanol–water partition coefficient (Wildman–Crippen LogP) is 6.37. The van der Waals surface area contributed by atoms with E-state index >= 15 is 0 Å². The fourth-order valence-electron chi connectivity index (χ4n) is 2.60. The molecule has 1 N–H and O–H groups in total. The van der Waals surface area contributed by atoms with Crippen molar-refractivity contribution in [3.05, 3.63) is 98.7 Å². The minimum Gasteiger partial charge on any atom is -0.486 e. The second kappa shape index (κ2) is 10.1. The summed E-state index contributed by atoms with van der Waals surface area (Å²) in [5.74, 6) is -0.562. The van der Waals surface area contributed by atoms with E-state index in [1.807, 2.05) is 12.1 Å². The second-order valence-electron chi connectivity index (χ2n) is 6.18. The monoisotopic (exact) mass is 484 g/mol. The average molecular weight is 486 g/mol. The van der Waals surface area contributed by atoms with Crippen LogP contribution in [-0.4, -0.2) is 5.91 Å². The minimum absolute atomic E-state index is 0.00308. The van der Waals surface area contributed by atoms with Gasteiger partial charge >= 0.3 is 0 Å². The highest BCUT2D eigenvalue weighted by Gasteiger charge is 2.13. The molecular formula is C23H15BrClFN2O2. The highest BCUT2D eigenvalue weighted by molar-refractivity contribution is 9.10. The summed E-state index contributed by atoms with van der Waals surface area (Å²) in [6.45, 7) is 0.00308. The maximum Gasteiger partial charge on any atom is 0.266 e. The van der Waals surface area contributed by atoms with Gasteiger partial charge in [0.1, 0.15) is 24.1 Å². The molecule has 0 aliphatic heterocycles. The Morgan fingerprint density at radius 3 is 2.53 bits per heavy atom. The van der Waals surface area contributed by atoms with E-state index in [0.717, 1.165) is 0 Å². The van der Waals surface area contributed by atoms with Crippen molar-refractivity contribution < 1.29 is 13.9 Å². The van der Waals surface area contributed by atoms with Gasteiger partial charge in [-0.3, -0.25) is 4.79 Å². The van der Waals surface area contributed by atoms with Crippen LogP contribution in [-0.2, 0) is 11.4 Å². The Kier molecular flexibility index (Phi) is 7.23. The molecule has 4 nitrogen and oxygen atoms in total. The van der Waals surface area contributed by atoms with Crippen molar-refractivity contribution in [1.82, 2.24) is 0 Å². The number of nitriles is 1. The third-order valence-electron chi connectivity index (χ3n) is 4.06. The Balaban J connectivity index is 1.78. The molecule has 30 heavy (non-hydrogen) atoms. The predicted molar refractivity (Wildman–Crippen MR) is 119 cm³/mol. The summed E-state index contributed by atoms with van der Waals surface area (Å²) in [6, 6.07) is 20.3. The highest BCUT2D eigenvalue weighted by Crippen LogP contribution is 2.36. The largest absolute Gasteiger partial charge is 0.486 e. The maximum atomic E-state index is 13.8. The van der Waals surface area contributed by atoms with Crippen molar-refractivity contribution in [2.45, 2.75) is 6.61 Å².